The van der Waals surface area contributed by atoms with E-state index in [4.69, 9.17) is 11.2 Å². The molecule has 5 nitrogen and oxygen atoms in total. The summed E-state index contributed by atoms with van der Waals surface area (Å²) in [6, 6.07) is 5.87. The molecule has 1 heterocycles. The van der Waals surface area contributed by atoms with Crippen molar-refractivity contribution in [3.05, 3.63) is 41.0 Å². The van der Waals surface area contributed by atoms with Gasteiger partial charge in [0, 0.05) is 29.6 Å². The molecule has 15 atom stereocenters. The number of hydrogen-bond acceptors (Lipinski definition) is 5. The van der Waals surface area contributed by atoms with Crippen molar-refractivity contribution in [3.63, 3.8) is 0 Å². The van der Waals surface area contributed by atoms with Crippen LogP contribution in [0.4, 0.5) is 0 Å². The highest BCUT2D eigenvalue weighted by Gasteiger charge is 2.81. The number of carbonyl (C=O) groups excluding carboxylic acids is 2. The minimum absolute atomic E-state index is 0.0561. The second-order valence-electron chi connectivity index (χ2n) is 19.3. The molecule has 260 valence electrons. The Hall–Kier alpha value is -2.58. The molecule has 1 aromatic carbocycles. The van der Waals surface area contributed by atoms with E-state index in [1.807, 2.05) is 12.1 Å². The molecular weight excluding hydrogens is 608 g/mol. The van der Waals surface area contributed by atoms with Crippen molar-refractivity contribution in [1.29, 1.82) is 0 Å². The van der Waals surface area contributed by atoms with Crippen molar-refractivity contribution in [1.82, 2.24) is 0 Å². The van der Waals surface area contributed by atoms with E-state index in [0.717, 1.165) is 87.4 Å². The molecule has 5 heteroatoms. The van der Waals surface area contributed by atoms with E-state index in [1.165, 1.54) is 42.4 Å². The van der Waals surface area contributed by atoms with Gasteiger partial charge in [0.25, 0.3) is 0 Å². The Kier molecular flexibility index (Phi) is 6.26. The summed E-state index contributed by atoms with van der Waals surface area (Å²) in [6.07, 6.45) is 22.4. The first-order chi connectivity index (χ1) is 23.4. The lowest BCUT2D eigenvalue weighted by Gasteiger charge is -2.60. The van der Waals surface area contributed by atoms with Crippen molar-refractivity contribution in [2.45, 2.75) is 128 Å². The fourth-order valence-corrected chi connectivity index (χ4v) is 15.6. The first kappa shape index (κ1) is 31.2. The van der Waals surface area contributed by atoms with Crippen LogP contribution in [0.5, 0.6) is 5.75 Å². The summed E-state index contributed by atoms with van der Waals surface area (Å²) < 4.78 is 6.22. The molecule has 7 saturated carbocycles. The SMILES string of the molecule is C#CC1(O)CCC2C3CCc4cc(O)ccc4C3CCC21C.CC12CCC(=O)C=C1C1CC1C1C2CCC2(C)C1C1CC1C21CCC(=O)O1. The van der Waals surface area contributed by atoms with E-state index >= 15 is 0 Å². The minimum atomic E-state index is -0.919. The van der Waals surface area contributed by atoms with E-state index in [-0.39, 0.29) is 27.8 Å². The Morgan fingerprint density at radius 1 is 0.816 bits per heavy atom. The van der Waals surface area contributed by atoms with Gasteiger partial charge in [-0.25, -0.2) is 0 Å². The smallest absolute Gasteiger partial charge is 0.306 e. The van der Waals surface area contributed by atoms with Crippen LogP contribution in [0.1, 0.15) is 121 Å². The van der Waals surface area contributed by atoms with Crippen LogP contribution in [-0.4, -0.2) is 33.2 Å². The molecule has 1 spiro atoms. The number of aryl methyl sites for hydroxylation is 1. The largest absolute Gasteiger partial charge is 0.508 e. The lowest BCUT2D eigenvalue weighted by molar-refractivity contribution is -0.177. The highest BCUT2D eigenvalue weighted by molar-refractivity contribution is 5.92. The Labute approximate surface area is 292 Å². The topological polar surface area (TPSA) is 83.8 Å². The number of phenolic OH excluding ortho intramolecular Hbond substituents is 1. The predicted octanol–water partition coefficient (Wildman–Crippen LogP) is 7.92. The lowest BCUT2D eigenvalue weighted by Crippen LogP contribution is -2.57. The highest BCUT2D eigenvalue weighted by Crippen LogP contribution is 2.82. The molecule has 49 heavy (non-hydrogen) atoms. The molecule has 11 rings (SSSR count). The molecule has 0 aromatic heterocycles. The quantitative estimate of drug-likeness (QED) is 0.218. The number of fused-ring (bicyclic) bond motifs is 17. The normalized spacial score (nSPS) is 53.4. The van der Waals surface area contributed by atoms with Crippen LogP contribution in [0, 0.1) is 81.8 Å². The van der Waals surface area contributed by atoms with Crippen LogP contribution in [0.15, 0.2) is 29.8 Å². The predicted molar refractivity (Wildman–Crippen MR) is 186 cm³/mol. The molecule has 8 fully saturated rings. The Balaban J connectivity index is 0.000000128. The Morgan fingerprint density at radius 3 is 2.39 bits per heavy atom. The number of carbonyl (C=O) groups is 2. The summed E-state index contributed by atoms with van der Waals surface area (Å²) in [6.45, 7) is 7.20. The van der Waals surface area contributed by atoms with Crippen LogP contribution < -0.4 is 0 Å². The molecule has 1 aliphatic heterocycles. The third-order valence-electron chi connectivity index (χ3n) is 18.0. The second-order valence-corrected chi connectivity index (χ2v) is 19.3. The van der Waals surface area contributed by atoms with Gasteiger partial charge in [0.05, 0.1) is 0 Å². The van der Waals surface area contributed by atoms with Crippen molar-refractivity contribution in [2.75, 3.05) is 0 Å². The summed E-state index contributed by atoms with van der Waals surface area (Å²) in [5.74, 6) is 10.5. The standard InChI is InChI=1S/C24H30O3.C20H24O2/c1-22-6-3-12(25)9-17(22)13-10-14(13)20-16(22)4-7-23(2)21(20)15-11-18(15)24(23)8-5-19(26)27-24;1-3-20(22)11-9-18-17-6-4-13-12-14(21)5-7-15(13)16(17)8-10-19(18,20)2/h9,13-16,18,20-21H,3-8,10-11H2,1-2H3;1,5,7,12,16-18,21-22H,4,6,8-11H2,2H3. The first-order valence-electron chi connectivity index (χ1n) is 19.9. The van der Waals surface area contributed by atoms with E-state index in [9.17, 15) is 19.8 Å². The van der Waals surface area contributed by atoms with Crippen molar-refractivity contribution >= 4 is 11.8 Å². The summed E-state index contributed by atoms with van der Waals surface area (Å²) in [5.41, 5.74) is 3.54. The van der Waals surface area contributed by atoms with Gasteiger partial charge < -0.3 is 14.9 Å². The number of hydrogen-bond donors (Lipinski definition) is 2. The number of aliphatic hydroxyl groups is 1. The average Bonchev–Trinajstić information content (AvgIpc) is 3.98. The van der Waals surface area contributed by atoms with Gasteiger partial charge in [-0.3, -0.25) is 9.59 Å². The van der Waals surface area contributed by atoms with Gasteiger partial charge in [0.2, 0.25) is 0 Å². The maximum Gasteiger partial charge on any atom is 0.306 e. The number of esters is 1. The fraction of sp³-hybridized carbons (Fsp3) is 0.727. The zero-order chi connectivity index (χ0) is 33.9. The van der Waals surface area contributed by atoms with Crippen LogP contribution >= 0.6 is 0 Å². The van der Waals surface area contributed by atoms with E-state index in [2.05, 4.69) is 38.8 Å². The molecule has 10 aliphatic rings. The number of rotatable bonds is 0. The Morgan fingerprint density at radius 2 is 1.61 bits per heavy atom. The van der Waals surface area contributed by atoms with Crippen LogP contribution in [0.2, 0.25) is 0 Å². The van der Waals surface area contributed by atoms with Crippen molar-refractivity contribution in [3.8, 4) is 18.1 Å². The van der Waals surface area contributed by atoms with Gasteiger partial charge in [0.1, 0.15) is 17.0 Å². The fourth-order valence-electron chi connectivity index (χ4n) is 15.6. The van der Waals surface area contributed by atoms with Gasteiger partial charge in [-0.2, -0.15) is 0 Å². The number of allylic oxidation sites excluding steroid dienone is 1. The van der Waals surface area contributed by atoms with E-state index in [1.54, 1.807) is 0 Å². The maximum atomic E-state index is 12.2. The molecule has 0 amide bonds. The number of phenols is 1. The number of ether oxygens (including phenoxy) is 1. The minimum Gasteiger partial charge on any atom is -0.508 e. The number of benzene rings is 1. The molecule has 1 saturated heterocycles. The number of ketones is 1. The third-order valence-corrected chi connectivity index (χ3v) is 18.0. The average molecular weight is 663 g/mol. The summed E-state index contributed by atoms with van der Waals surface area (Å²) in [7, 11) is 0. The summed E-state index contributed by atoms with van der Waals surface area (Å²) >= 11 is 0. The van der Waals surface area contributed by atoms with Gasteiger partial charge in [-0.05, 0) is 165 Å². The second kappa shape index (κ2) is 9.84. The number of terminal acetylenes is 1. The lowest BCUT2D eigenvalue weighted by atomic mass is 9.45. The zero-order valence-corrected chi connectivity index (χ0v) is 29.7. The highest BCUT2D eigenvalue weighted by atomic mass is 16.6. The molecule has 1 aromatic rings. The molecule has 15 unspecified atom stereocenters. The molecule has 0 bridgehead atoms. The van der Waals surface area contributed by atoms with Gasteiger partial charge in [0.15, 0.2) is 5.78 Å². The van der Waals surface area contributed by atoms with Crippen molar-refractivity contribution in [2.24, 2.45) is 69.5 Å². The molecular formula is C44H54O5. The monoisotopic (exact) mass is 662 g/mol. The van der Waals surface area contributed by atoms with Gasteiger partial charge >= 0.3 is 5.97 Å². The van der Waals surface area contributed by atoms with E-state index < -0.39 is 5.60 Å². The molecule has 0 radical (unpaired) electrons. The zero-order valence-electron chi connectivity index (χ0n) is 29.7. The van der Waals surface area contributed by atoms with Crippen LogP contribution in [-0.2, 0) is 20.7 Å². The summed E-state index contributed by atoms with van der Waals surface area (Å²) in [5, 5.41) is 20.6. The van der Waals surface area contributed by atoms with Crippen molar-refractivity contribution < 1.29 is 24.5 Å². The van der Waals surface area contributed by atoms with Gasteiger partial charge in [-0.15, -0.1) is 6.42 Å². The van der Waals surface area contributed by atoms with Crippen LogP contribution in [0.3, 0.4) is 0 Å². The third kappa shape index (κ3) is 3.84. The number of aromatic hydroxyl groups is 1. The molecule has 2 N–H and O–H groups in total. The maximum absolute atomic E-state index is 12.2. The first-order valence-corrected chi connectivity index (χ1v) is 19.9. The van der Waals surface area contributed by atoms with Gasteiger partial charge in [-0.1, -0.05) is 38.3 Å². The Bertz CT molecular complexity index is 1740. The van der Waals surface area contributed by atoms with Crippen LogP contribution in [0.25, 0.3) is 0 Å². The van der Waals surface area contributed by atoms with E-state index in [0.29, 0.717) is 47.5 Å². The molecule has 9 aliphatic carbocycles. The summed E-state index contributed by atoms with van der Waals surface area (Å²) in [4.78, 5) is 24.3.